The van der Waals surface area contributed by atoms with Crippen LogP contribution in [0.3, 0.4) is 0 Å². The van der Waals surface area contributed by atoms with Crippen LogP contribution in [0.4, 0.5) is 17.6 Å². The summed E-state index contributed by atoms with van der Waals surface area (Å²) in [7, 11) is -2.89. The molecule has 0 heterocycles. The van der Waals surface area contributed by atoms with Crippen LogP contribution in [0.5, 0.6) is 0 Å². The van der Waals surface area contributed by atoms with Gasteiger partial charge in [-0.25, -0.2) is 17.6 Å². The van der Waals surface area contributed by atoms with Gasteiger partial charge < -0.3 is 14.0 Å². The van der Waals surface area contributed by atoms with Gasteiger partial charge in [0.25, 0.3) is 0 Å². The Kier molecular flexibility index (Phi) is 4.25. The first-order valence-electron chi connectivity index (χ1n) is 4.60. The number of hydrogen-bond donors (Lipinski definition) is 2. The summed E-state index contributed by atoms with van der Waals surface area (Å²) in [5.74, 6) is -6.88. The minimum absolute atomic E-state index is 0.368. The molecule has 0 amide bonds. The van der Waals surface area contributed by atoms with E-state index < -0.39 is 37.6 Å². The summed E-state index contributed by atoms with van der Waals surface area (Å²) in [6, 6.07) is 0.0961. The van der Waals surface area contributed by atoms with Crippen LogP contribution in [0.2, 0.25) is 6.04 Å². The van der Waals surface area contributed by atoms with Crippen LogP contribution in [0, 0.1) is 23.3 Å². The van der Waals surface area contributed by atoms with Crippen LogP contribution < -0.4 is 0 Å². The Labute approximate surface area is 95.6 Å². The van der Waals surface area contributed by atoms with Crippen molar-refractivity contribution in [3.8, 4) is 0 Å². The van der Waals surface area contributed by atoms with Crippen LogP contribution in [-0.2, 0) is 10.8 Å². The number of aryl methyl sites for hydroxylation is 1. The minimum Gasteiger partial charge on any atom is -0.390 e. The zero-order valence-corrected chi connectivity index (χ0v) is 9.81. The van der Waals surface area contributed by atoms with Gasteiger partial charge in [-0.15, -0.1) is 0 Å². The molecule has 0 radical (unpaired) electrons. The average molecular weight is 270 g/mol. The summed E-state index contributed by atoms with van der Waals surface area (Å²) in [5.41, 5.74) is -0.474. The third-order valence-electron chi connectivity index (χ3n) is 2.22. The van der Waals surface area contributed by atoms with Gasteiger partial charge in [-0.05, 0) is 18.1 Å². The molecule has 3 nitrogen and oxygen atoms in total. The largest absolute Gasteiger partial charge is 0.495 e. The smallest absolute Gasteiger partial charge is 0.390 e. The van der Waals surface area contributed by atoms with Crippen LogP contribution >= 0.6 is 0 Å². The number of rotatable bonds is 4. The molecule has 1 aromatic carbocycles. The lowest BCUT2D eigenvalue weighted by Crippen LogP contribution is -2.37. The molecule has 17 heavy (non-hydrogen) atoms. The highest BCUT2D eigenvalue weighted by atomic mass is 28.4. The van der Waals surface area contributed by atoms with Gasteiger partial charge in [-0.1, -0.05) is 0 Å². The molecule has 8 heteroatoms. The van der Waals surface area contributed by atoms with Gasteiger partial charge >= 0.3 is 8.80 Å². The molecule has 1 rings (SSSR count). The highest BCUT2D eigenvalue weighted by molar-refractivity contribution is 6.57. The van der Waals surface area contributed by atoms with Gasteiger partial charge in [0.15, 0.2) is 23.3 Å². The molecule has 0 saturated heterocycles. The number of halogens is 4. The summed E-state index contributed by atoms with van der Waals surface area (Å²) in [6.45, 7) is 0. The van der Waals surface area contributed by atoms with Crippen molar-refractivity contribution in [3.05, 3.63) is 34.9 Å². The molecule has 1 aromatic rings. The predicted octanol–water partition coefficient (Wildman–Crippen LogP) is 1.36. The molecule has 0 bridgehead atoms. The molecular formula is C9H10F4O3Si. The molecule has 0 saturated carbocycles. The summed E-state index contributed by atoms with van der Waals surface area (Å²) < 4.78 is 55.7. The lowest BCUT2D eigenvalue weighted by Gasteiger charge is -2.14. The van der Waals surface area contributed by atoms with E-state index in [4.69, 9.17) is 9.59 Å². The van der Waals surface area contributed by atoms with Crippen molar-refractivity contribution < 1.29 is 31.6 Å². The molecule has 2 N–H and O–H groups in total. The van der Waals surface area contributed by atoms with Crippen LogP contribution in [0.15, 0.2) is 6.07 Å². The number of hydrogen-bond acceptors (Lipinski definition) is 3. The minimum atomic E-state index is -3.94. The van der Waals surface area contributed by atoms with E-state index in [-0.39, 0.29) is 12.5 Å². The van der Waals surface area contributed by atoms with E-state index in [9.17, 15) is 17.6 Å². The summed E-state index contributed by atoms with van der Waals surface area (Å²) >= 11 is 0. The van der Waals surface area contributed by atoms with E-state index >= 15 is 0 Å². The average Bonchev–Trinajstić information content (AvgIpc) is 2.29. The van der Waals surface area contributed by atoms with Crippen LogP contribution in [-0.4, -0.2) is 25.5 Å². The summed E-state index contributed by atoms with van der Waals surface area (Å²) in [5, 5.41) is 0. The van der Waals surface area contributed by atoms with Crippen molar-refractivity contribution >= 4 is 8.80 Å². The maximum Gasteiger partial charge on any atom is 0.495 e. The predicted molar refractivity (Wildman–Crippen MR) is 52.0 cm³/mol. The molecule has 0 aliphatic carbocycles. The Morgan fingerprint density at radius 1 is 1.12 bits per heavy atom. The Morgan fingerprint density at radius 3 is 2.24 bits per heavy atom. The van der Waals surface area contributed by atoms with Crippen molar-refractivity contribution in [1.29, 1.82) is 0 Å². The highest BCUT2D eigenvalue weighted by Gasteiger charge is 2.31. The first kappa shape index (κ1) is 14.1. The molecule has 0 aliphatic heterocycles. The summed E-state index contributed by atoms with van der Waals surface area (Å²) in [6.07, 6.45) is -0.368. The Balaban J connectivity index is 2.93. The molecule has 0 fully saturated rings. The lowest BCUT2D eigenvalue weighted by molar-refractivity contribution is 0.184. The Morgan fingerprint density at radius 2 is 1.71 bits per heavy atom. The summed E-state index contributed by atoms with van der Waals surface area (Å²) in [4.78, 5) is 18.3. The fourth-order valence-corrected chi connectivity index (χ4v) is 2.00. The van der Waals surface area contributed by atoms with E-state index in [0.717, 1.165) is 7.11 Å². The fraction of sp³-hybridized carbons (Fsp3) is 0.333. The second kappa shape index (κ2) is 5.13. The second-order valence-electron chi connectivity index (χ2n) is 3.41. The van der Waals surface area contributed by atoms with Gasteiger partial charge in [0.1, 0.15) is 0 Å². The fourth-order valence-electron chi connectivity index (χ4n) is 1.20. The van der Waals surface area contributed by atoms with E-state index in [1.165, 1.54) is 0 Å². The molecule has 0 spiro atoms. The van der Waals surface area contributed by atoms with Gasteiger partial charge in [0, 0.05) is 13.2 Å². The van der Waals surface area contributed by atoms with Gasteiger partial charge in [-0.3, -0.25) is 0 Å². The molecule has 96 valence electrons. The molecule has 0 aromatic heterocycles. The topological polar surface area (TPSA) is 49.7 Å². The SMILES string of the molecule is CO[Si](O)(O)CCc1cc(F)c(F)c(F)c1F. The van der Waals surface area contributed by atoms with E-state index in [0.29, 0.717) is 6.07 Å². The van der Waals surface area contributed by atoms with Crippen molar-refractivity contribution in [2.45, 2.75) is 12.5 Å². The third-order valence-corrected chi connectivity index (χ3v) is 3.78. The van der Waals surface area contributed by atoms with Crippen molar-refractivity contribution in [2.75, 3.05) is 7.11 Å². The Bertz CT molecular complexity index is 425. The molecule has 0 atom stereocenters. The van der Waals surface area contributed by atoms with Crippen molar-refractivity contribution in [3.63, 3.8) is 0 Å². The lowest BCUT2D eigenvalue weighted by atomic mass is 10.1. The third kappa shape index (κ3) is 3.25. The van der Waals surface area contributed by atoms with E-state index in [1.54, 1.807) is 0 Å². The molecule has 0 unspecified atom stereocenters. The quantitative estimate of drug-likeness (QED) is 0.376. The van der Waals surface area contributed by atoms with E-state index in [2.05, 4.69) is 4.43 Å². The maximum atomic E-state index is 13.2. The van der Waals surface area contributed by atoms with E-state index in [1.807, 2.05) is 0 Å². The van der Waals surface area contributed by atoms with Crippen molar-refractivity contribution in [2.24, 2.45) is 0 Å². The van der Waals surface area contributed by atoms with Crippen LogP contribution in [0.25, 0.3) is 0 Å². The highest BCUT2D eigenvalue weighted by Crippen LogP contribution is 2.21. The normalized spacial score (nSPS) is 11.9. The van der Waals surface area contributed by atoms with Gasteiger partial charge in [-0.2, -0.15) is 0 Å². The monoisotopic (exact) mass is 270 g/mol. The Hall–Kier alpha value is -0.963. The van der Waals surface area contributed by atoms with Gasteiger partial charge in [0.05, 0.1) is 0 Å². The zero-order valence-electron chi connectivity index (χ0n) is 8.81. The molecule has 0 aliphatic rings. The van der Waals surface area contributed by atoms with Crippen molar-refractivity contribution in [1.82, 2.24) is 0 Å². The maximum absolute atomic E-state index is 13.2. The van der Waals surface area contributed by atoms with Gasteiger partial charge in [0.2, 0.25) is 0 Å². The standard InChI is InChI=1S/C9H10F4O3Si/c1-16-17(14,15)3-2-5-4-6(10)8(12)9(13)7(5)11/h4,14-15H,2-3H2,1H3. The zero-order chi connectivity index (χ0) is 13.2. The first-order valence-corrected chi connectivity index (χ1v) is 6.61. The second-order valence-corrected chi connectivity index (χ2v) is 5.80. The van der Waals surface area contributed by atoms with Crippen LogP contribution in [0.1, 0.15) is 5.56 Å². The number of benzene rings is 1. The molecular weight excluding hydrogens is 260 g/mol. The first-order chi connectivity index (χ1) is 7.78.